The van der Waals surface area contributed by atoms with E-state index in [9.17, 15) is 12.8 Å². The summed E-state index contributed by atoms with van der Waals surface area (Å²) < 4.78 is 39.1. The summed E-state index contributed by atoms with van der Waals surface area (Å²) in [6.07, 6.45) is 0.604. The van der Waals surface area contributed by atoms with Crippen molar-refractivity contribution < 1.29 is 12.8 Å². The van der Waals surface area contributed by atoms with Crippen LogP contribution in [0, 0.1) is 12.7 Å². The molecule has 1 aromatic rings. The molecule has 0 saturated carbocycles. The second kappa shape index (κ2) is 6.26. The van der Waals surface area contributed by atoms with Gasteiger partial charge in [-0.2, -0.15) is 4.31 Å². The van der Waals surface area contributed by atoms with Gasteiger partial charge in [-0.15, -0.1) is 0 Å². The van der Waals surface area contributed by atoms with Crippen molar-refractivity contribution in [2.24, 2.45) is 5.73 Å². The van der Waals surface area contributed by atoms with Crippen molar-refractivity contribution in [1.82, 2.24) is 4.31 Å². The maximum atomic E-state index is 13.1. The van der Waals surface area contributed by atoms with Crippen molar-refractivity contribution in [1.29, 1.82) is 0 Å². The standard InChI is InChI=1S/C12H19FN2O2S/c1-3-15(8-4-7-14)18(16,17)11-5-6-12(13)10(2)9-11/h5-6,9H,3-4,7-8,14H2,1-2H3. The maximum absolute atomic E-state index is 13.1. The first-order valence-corrected chi connectivity index (χ1v) is 7.33. The van der Waals surface area contributed by atoms with Crippen molar-refractivity contribution in [2.75, 3.05) is 19.6 Å². The molecule has 0 unspecified atom stereocenters. The van der Waals surface area contributed by atoms with Gasteiger partial charge in [0.25, 0.3) is 0 Å². The highest BCUT2D eigenvalue weighted by atomic mass is 32.2. The van der Waals surface area contributed by atoms with Crippen LogP contribution >= 0.6 is 0 Å². The van der Waals surface area contributed by atoms with Gasteiger partial charge in [0.15, 0.2) is 0 Å². The number of halogens is 1. The molecule has 1 aromatic carbocycles. The average Bonchev–Trinajstić information content (AvgIpc) is 2.33. The van der Waals surface area contributed by atoms with E-state index in [4.69, 9.17) is 5.73 Å². The molecule has 18 heavy (non-hydrogen) atoms. The molecule has 6 heteroatoms. The fourth-order valence-corrected chi connectivity index (χ4v) is 3.22. The first-order chi connectivity index (χ1) is 8.43. The third-order valence-corrected chi connectivity index (χ3v) is 4.70. The van der Waals surface area contributed by atoms with Gasteiger partial charge in [-0.25, -0.2) is 12.8 Å². The van der Waals surface area contributed by atoms with Crippen LogP contribution in [0.3, 0.4) is 0 Å². The summed E-state index contributed by atoms with van der Waals surface area (Å²) in [5, 5.41) is 0. The molecule has 0 bridgehead atoms. The van der Waals surface area contributed by atoms with Crippen LogP contribution < -0.4 is 5.73 Å². The summed E-state index contributed by atoms with van der Waals surface area (Å²) in [6.45, 7) is 4.51. The van der Waals surface area contributed by atoms with Crippen LogP contribution in [0.1, 0.15) is 18.9 Å². The van der Waals surface area contributed by atoms with E-state index in [2.05, 4.69) is 0 Å². The van der Waals surface area contributed by atoms with Crippen LogP contribution in [0.2, 0.25) is 0 Å². The molecule has 1 rings (SSSR count). The Morgan fingerprint density at radius 2 is 2.06 bits per heavy atom. The molecule has 0 saturated heterocycles. The zero-order valence-electron chi connectivity index (χ0n) is 10.7. The SMILES string of the molecule is CCN(CCCN)S(=O)(=O)c1ccc(F)c(C)c1. The molecule has 0 heterocycles. The van der Waals surface area contributed by atoms with Gasteiger partial charge in [-0.05, 0) is 43.7 Å². The molecule has 4 nitrogen and oxygen atoms in total. The molecule has 2 N–H and O–H groups in total. The number of sulfonamides is 1. The Balaban J connectivity index is 3.06. The number of hydrogen-bond donors (Lipinski definition) is 1. The Morgan fingerprint density at radius 1 is 1.39 bits per heavy atom. The lowest BCUT2D eigenvalue weighted by atomic mass is 10.2. The van der Waals surface area contributed by atoms with E-state index in [0.717, 1.165) is 0 Å². The fourth-order valence-electron chi connectivity index (χ4n) is 1.64. The van der Waals surface area contributed by atoms with Crippen LogP contribution in [-0.4, -0.2) is 32.4 Å². The molecule has 0 fully saturated rings. The second-order valence-electron chi connectivity index (χ2n) is 4.05. The normalized spacial score (nSPS) is 12.1. The third-order valence-electron chi connectivity index (χ3n) is 2.73. The van der Waals surface area contributed by atoms with Crippen LogP contribution in [0.25, 0.3) is 0 Å². The van der Waals surface area contributed by atoms with Crippen molar-refractivity contribution >= 4 is 10.0 Å². The number of nitrogens with two attached hydrogens (primary N) is 1. The molecule has 0 atom stereocenters. The van der Waals surface area contributed by atoms with E-state index in [-0.39, 0.29) is 4.90 Å². The predicted octanol–water partition coefficient (Wildman–Crippen LogP) is 1.49. The molecule has 0 aromatic heterocycles. The number of nitrogens with zero attached hydrogens (tertiary/aromatic N) is 1. The Morgan fingerprint density at radius 3 is 2.56 bits per heavy atom. The average molecular weight is 274 g/mol. The minimum absolute atomic E-state index is 0.125. The first-order valence-electron chi connectivity index (χ1n) is 5.89. The quantitative estimate of drug-likeness (QED) is 0.855. The molecule has 0 radical (unpaired) electrons. The van der Waals surface area contributed by atoms with Crippen LogP contribution in [0.5, 0.6) is 0 Å². The molecule has 0 aliphatic carbocycles. The van der Waals surface area contributed by atoms with E-state index in [0.29, 0.717) is 31.6 Å². The highest BCUT2D eigenvalue weighted by molar-refractivity contribution is 7.89. The van der Waals surface area contributed by atoms with Gasteiger partial charge in [0.1, 0.15) is 5.82 Å². The minimum atomic E-state index is -3.55. The Bertz CT molecular complexity index is 503. The Kier molecular flexibility index (Phi) is 5.25. The topological polar surface area (TPSA) is 63.4 Å². The summed E-state index contributed by atoms with van der Waals surface area (Å²) in [6, 6.07) is 3.83. The number of rotatable bonds is 6. The van der Waals surface area contributed by atoms with E-state index in [1.165, 1.54) is 22.5 Å². The monoisotopic (exact) mass is 274 g/mol. The first kappa shape index (κ1) is 15.1. The molecular formula is C12H19FN2O2S. The second-order valence-corrected chi connectivity index (χ2v) is 5.99. The van der Waals surface area contributed by atoms with Crippen LogP contribution in [-0.2, 0) is 10.0 Å². The van der Waals surface area contributed by atoms with Crippen molar-refractivity contribution in [3.63, 3.8) is 0 Å². The lowest BCUT2D eigenvalue weighted by molar-refractivity contribution is 0.422. The smallest absolute Gasteiger partial charge is 0.243 e. The molecule has 0 aliphatic rings. The molecule has 102 valence electrons. The van der Waals surface area contributed by atoms with Gasteiger partial charge in [0, 0.05) is 13.1 Å². The largest absolute Gasteiger partial charge is 0.330 e. The van der Waals surface area contributed by atoms with E-state index in [1.54, 1.807) is 13.8 Å². The van der Waals surface area contributed by atoms with Gasteiger partial charge < -0.3 is 5.73 Å². The number of benzene rings is 1. The highest BCUT2D eigenvalue weighted by Gasteiger charge is 2.22. The Hall–Kier alpha value is -0.980. The summed E-state index contributed by atoms with van der Waals surface area (Å²) in [5.41, 5.74) is 5.71. The van der Waals surface area contributed by atoms with Gasteiger partial charge in [-0.1, -0.05) is 6.92 Å². The highest BCUT2D eigenvalue weighted by Crippen LogP contribution is 2.18. The zero-order valence-corrected chi connectivity index (χ0v) is 11.5. The molecule has 0 amide bonds. The summed E-state index contributed by atoms with van der Waals surface area (Å²) in [4.78, 5) is 0.125. The third kappa shape index (κ3) is 3.28. The molecule has 0 spiro atoms. The Labute approximate surface area is 108 Å². The minimum Gasteiger partial charge on any atom is -0.330 e. The van der Waals surface area contributed by atoms with Crippen molar-refractivity contribution in [3.05, 3.63) is 29.6 Å². The van der Waals surface area contributed by atoms with E-state index < -0.39 is 15.8 Å². The van der Waals surface area contributed by atoms with E-state index >= 15 is 0 Å². The van der Waals surface area contributed by atoms with Gasteiger partial charge in [-0.3, -0.25) is 0 Å². The van der Waals surface area contributed by atoms with Crippen molar-refractivity contribution in [3.8, 4) is 0 Å². The number of hydrogen-bond acceptors (Lipinski definition) is 3. The summed E-state index contributed by atoms with van der Waals surface area (Å²) in [5.74, 6) is -0.404. The van der Waals surface area contributed by atoms with Crippen molar-refractivity contribution in [2.45, 2.75) is 25.2 Å². The van der Waals surface area contributed by atoms with Gasteiger partial charge >= 0.3 is 0 Å². The summed E-state index contributed by atoms with van der Waals surface area (Å²) >= 11 is 0. The summed E-state index contributed by atoms with van der Waals surface area (Å²) in [7, 11) is -3.55. The van der Waals surface area contributed by atoms with Gasteiger partial charge in [0.2, 0.25) is 10.0 Å². The molecular weight excluding hydrogens is 255 g/mol. The molecule has 0 aliphatic heterocycles. The predicted molar refractivity (Wildman–Crippen MR) is 69.2 cm³/mol. The zero-order chi connectivity index (χ0) is 13.8. The number of aryl methyl sites for hydroxylation is 1. The lowest BCUT2D eigenvalue weighted by Crippen LogP contribution is -2.32. The lowest BCUT2D eigenvalue weighted by Gasteiger charge is -2.20. The van der Waals surface area contributed by atoms with Crippen LogP contribution in [0.15, 0.2) is 23.1 Å². The van der Waals surface area contributed by atoms with Gasteiger partial charge in [0.05, 0.1) is 4.90 Å². The fraction of sp³-hybridized carbons (Fsp3) is 0.500. The van der Waals surface area contributed by atoms with E-state index in [1.807, 2.05) is 0 Å². The maximum Gasteiger partial charge on any atom is 0.243 e. The van der Waals surface area contributed by atoms with Crippen LogP contribution in [0.4, 0.5) is 4.39 Å².